The van der Waals surface area contributed by atoms with Crippen molar-refractivity contribution in [3.8, 4) is 0 Å². The maximum absolute atomic E-state index is 13.9. The van der Waals surface area contributed by atoms with Crippen molar-refractivity contribution in [2.75, 3.05) is 25.5 Å². The van der Waals surface area contributed by atoms with E-state index >= 15 is 0 Å². The van der Waals surface area contributed by atoms with E-state index in [2.05, 4.69) is 15.7 Å². The molecular weight excluding hydrogens is 235 g/mol. The summed E-state index contributed by atoms with van der Waals surface area (Å²) < 4.78 is 13.9. The van der Waals surface area contributed by atoms with Gasteiger partial charge in [0.15, 0.2) is 11.6 Å². The van der Waals surface area contributed by atoms with Crippen molar-refractivity contribution >= 4 is 11.7 Å². The zero-order valence-corrected chi connectivity index (χ0v) is 10.4. The van der Waals surface area contributed by atoms with Gasteiger partial charge >= 0.3 is 0 Å². The standard InChI is InChI=1S/C12H17FN4O/c1-14-11-10(13)9(5-6-15-11)12(18)16-17-7-3-2-4-8-17/h5-6H,2-4,7-8H2,1H3,(H,14,15)(H,16,18). The molecule has 5 nitrogen and oxygen atoms in total. The number of hydrazine groups is 1. The Kier molecular flexibility index (Phi) is 4.09. The van der Waals surface area contributed by atoms with Gasteiger partial charge in [-0.05, 0) is 18.9 Å². The number of hydrogen-bond donors (Lipinski definition) is 2. The molecule has 2 rings (SSSR count). The Morgan fingerprint density at radius 3 is 2.78 bits per heavy atom. The highest BCUT2D eigenvalue weighted by molar-refractivity contribution is 5.94. The summed E-state index contributed by atoms with van der Waals surface area (Å²) >= 11 is 0. The van der Waals surface area contributed by atoms with E-state index in [1.807, 2.05) is 5.01 Å². The maximum Gasteiger partial charge on any atom is 0.268 e. The van der Waals surface area contributed by atoms with Gasteiger partial charge in [0.05, 0.1) is 5.56 Å². The van der Waals surface area contributed by atoms with Gasteiger partial charge in [0, 0.05) is 26.3 Å². The van der Waals surface area contributed by atoms with Crippen molar-refractivity contribution in [2.24, 2.45) is 0 Å². The minimum absolute atomic E-state index is 0.0138. The van der Waals surface area contributed by atoms with Crippen LogP contribution in [-0.4, -0.2) is 36.0 Å². The predicted molar refractivity (Wildman–Crippen MR) is 66.6 cm³/mol. The zero-order valence-electron chi connectivity index (χ0n) is 10.4. The fraction of sp³-hybridized carbons (Fsp3) is 0.500. The number of piperidine rings is 1. The van der Waals surface area contributed by atoms with Gasteiger partial charge in [-0.1, -0.05) is 6.42 Å². The van der Waals surface area contributed by atoms with Crippen LogP contribution in [0.25, 0.3) is 0 Å². The lowest BCUT2D eigenvalue weighted by Crippen LogP contribution is -2.45. The van der Waals surface area contributed by atoms with Crippen LogP contribution in [-0.2, 0) is 0 Å². The summed E-state index contributed by atoms with van der Waals surface area (Å²) in [5.41, 5.74) is 2.74. The van der Waals surface area contributed by atoms with Crippen LogP contribution in [0.2, 0.25) is 0 Å². The number of carbonyl (C=O) groups excluding carboxylic acids is 1. The van der Waals surface area contributed by atoms with E-state index in [4.69, 9.17) is 0 Å². The number of hydrogen-bond acceptors (Lipinski definition) is 4. The number of nitrogens with zero attached hydrogens (tertiary/aromatic N) is 2. The molecule has 2 heterocycles. The van der Waals surface area contributed by atoms with E-state index in [0.29, 0.717) is 0 Å². The Morgan fingerprint density at radius 1 is 1.39 bits per heavy atom. The van der Waals surface area contributed by atoms with Crippen LogP contribution in [0.3, 0.4) is 0 Å². The molecule has 0 radical (unpaired) electrons. The molecule has 1 aliphatic rings. The van der Waals surface area contributed by atoms with Gasteiger partial charge in [-0.15, -0.1) is 0 Å². The van der Waals surface area contributed by atoms with E-state index in [1.54, 1.807) is 7.05 Å². The first-order chi connectivity index (χ1) is 8.72. The molecule has 1 saturated heterocycles. The molecule has 1 fully saturated rings. The summed E-state index contributed by atoms with van der Waals surface area (Å²) in [6, 6.07) is 1.38. The van der Waals surface area contributed by atoms with Crippen molar-refractivity contribution in [3.63, 3.8) is 0 Å². The molecule has 1 aliphatic heterocycles. The third kappa shape index (κ3) is 2.76. The third-order valence-electron chi connectivity index (χ3n) is 2.99. The highest BCUT2D eigenvalue weighted by Crippen LogP contribution is 2.15. The smallest absolute Gasteiger partial charge is 0.268 e. The van der Waals surface area contributed by atoms with Crippen molar-refractivity contribution in [2.45, 2.75) is 19.3 Å². The minimum atomic E-state index is -0.616. The second-order valence-electron chi connectivity index (χ2n) is 4.26. The Hall–Kier alpha value is -1.69. The summed E-state index contributed by atoms with van der Waals surface area (Å²) in [4.78, 5) is 15.8. The molecule has 18 heavy (non-hydrogen) atoms. The van der Waals surface area contributed by atoms with E-state index in [0.717, 1.165) is 25.9 Å². The Balaban J connectivity index is 2.08. The summed E-state index contributed by atoms with van der Waals surface area (Å²) in [5.74, 6) is -0.955. The number of nitrogens with one attached hydrogen (secondary N) is 2. The van der Waals surface area contributed by atoms with Crippen molar-refractivity contribution in [1.82, 2.24) is 15.4 Å². The Bertz CT molecular complexity index is 432. The average Bonchev–Trinajstić information content (AvgIpc) is 2.40. The number of carbonyl (C=O) groups is 1. The van der Waals surface area contributed by atoms with Crippen LogP contribution < -0.4 is 10.7 Å². The number of rotatable bonds is 3. The lowest BCUT2D eigenvalue weighted by atomic mass is 10.2. The first kappa shape index (κ1) is 12.8. The molecule has 0 aromatic carbocycles. The summed E-state index contributed by atoms with van der Waals surface area (Å²) in [6.07, 6.45) is 4.71. The first-order valence-corrected chi connectivity index (χ1v) is 6.10. The molecular formula is C12H17FN4O. The summed E-state index contributed by atoms with van der Waals surface area (Å²) in [5, 5.41) is 4.45. The molecule has 0 spiro atoms. The lowest BCUT2D eigenvalue weighted by Gasteiger charge is -2.26. The summed E-state index contributed by atoms with van der Waals surface area (Å²) in [6.45, 7) is 1.63. The van der Waals surface area contributed by atoms with Crippen molar-refractivity contribution in [3.05, 3.63) is 23.6 Å². The maximum atomic E-state index is 13.9. The van der Waals surface area contributed by atoms with Crippen LogP contribution in [0.1, 0.15) is 29.6 Å². The van der Waals surface area contributed by atoms with Crippen molar-refractivity contribution in [1.29, 1.82) is 0 Å². The van der Waals surface area contributed by atoms with Crippen LogP contribution in [0, 0.1) is 5.82 Å². The van der Waals surface area contributed by atoms with Gasteiger partial charge in [-0.2, -0.15) is 0 Å². The molecule has 0 saturated carbocycles. The molecule has 0 atom stereocenters. The fourth-order valence-corrected chi connectivity index (χ4v) is 2.00. The number of aromatic nitrogens is 1. The number of pyridine rings is 1. The largest absolute Gasteiger partial charge is 0.371 e. The predicted octanol–water partition coefficient (Wildman–Crippen LogP) is 1.39. The number of anilines is 1. The molecule has 1 aromatic rings. The SMILES string of the molecule is CNc1nccc(C(=O)NN2CCCCC2)c1F. The molecule has 98 valence electrons. The van der Waals surface area contributed by atoms with Crippen LogP contribution in [0.4, 0.5) is 10.2 Å². The van der Waals surface area contributed by atoms with Crippen LogP contribution >= 0.6 is 0 Å². The van der Waals surface area contributed by atoms with Crippen LogP contribution in [0.5, 0.6) is 0 Å². The molecule has 1 amide bonds. The Labute approximate surface area is 105 Å². The third-order valence-corrected chi connectivity index (χ3v) is 2.99. The Morgan fingerprint density at radius 2 is 2.11 bits per heavy atom. The highest BCUT2D eigenvalue weighted by atomic mass is 19.1. The lowest BCUT2D eigenvalue weighted by molar-refractivity contribution is 0.0746. The zero-order chi connectivity index (χ0) is 13.0. The average molecular weight is 252 g/mol. The van der Waals surface area contributed by atoms with Gasteiger partial charge in [0.1, 0.15) is 0 Å². The van der Waals surface area contributed by atoms with Gasteiger partial charge in [-0.3, -0.25) is 10.2 Å². The van der Waals surface area contributed by atoms with E-state index < -0.39 is 11.7 Å². The second kappa shape index (κ2) is 5.77. The van der Waals surface area contributed by atoms with E-state index in [1.165, 1.54) is 18.7 Å². The number of amides is 1. The highest BCUT2D eigenvalue weighted by Gasteiger charge is 2.18. The molecule has 0 unspecified atom stereocenters. The van der Waals surface area contributed by atoms with Crippen LogP contribution in [0.15, 0.2) is 12.3 Å². The van der Waals surface area contributed by atoms with Gasteiger partial charge in [-0.25, -0.2) is 14.4 Å². The van der Waals surface area contributed by atoms with Gasteiger partial charge in [0.25, 0.3) is 5.91 Å². The molecule has 6 heteroatoms. The topological polar surface area (TPSA) is 57.3 Å². The monoisotopic (exact) mass is 252 g/mol. The first-order valence-electron chi connectivity index (χ1n) is 6.10. The van der Waals surface area contributed by atoms with E-state index in [9.17, 15) is 9.18 Å². The minimum Gasteiger partial charge on any atom is -0.371 e. The molecule has 1 aromatic heterocycles. The second-order valence-corrected chi connectivity index (χ2v) is 4.26. The molecule has 0 bridgehead atoms. The van der Waals surface area contributed by atoms with Crippen molar-refractivity contribution < 1.29 is 9.18 Å². The van der Waals surface area contributed by atoms with Gasteiger partial charge < -0.3 is 5.32 Å². The molecule has 2 N–H and O–H groups in total. The normalized spacial score (nSPS) is 16.3. The fourth-order valence-electron chi connectivity index (χ4n) is 2.00. The van der Waals surface area contributed by atoms with Gasteiger partial charge in [0.2, 0.25) is 0 Å². The van der Waals surface area contributed by atoms with E-state index in [-0.39, 0.29) is 11.4 Å². The quantitative estimate of drug-likeness (QED) is 0.853. The molecule has 0 aliphatic carbocycles. The number of halogens is 1. The summed E-state index contributed by atoms with van der Waals surface area (Å²) in [7, 11) is 1.57.